The summed E-state index contributed by atoms with van der Waals surface area (Å²) in [6.07, 6.45) is -1.57. The number of aryl methyl sites for hydroxylation is 2. The lowest BCUT2D eigenvalue weighted by Crippen LogP contribution is -1.98. The molecule has 0 aliphatic carbocycles. The van der Waals surface area contributed by atoms with Gasteiger partial charge in [-0.3, -0.25) is 0 Å². The Kier molecular flexibility index (Phi) is 5.84. The van der Waals surface area contributed by atoms with Crippen LogP contribution in [0.3, 0.4) is 0 Å². The summed E-state index contributed by atoms with van der Waals surface area (Å²) in [5.74, 6) is 0.450. The lowest BCUT2D eigenvalue weighted by atomic mass is 9.95. The number of imidazole rings is 1. The summed E-state index contributed by atoms with van der Waals surface area (Å²) < 4.78 is 5.85. The molecule has 0 amide bonds. The third-order valence-corrected chi connectivity index (χ3v) is 6.23. The Morgan fingerprint density at radius 1 is 0.824 bits per heavy atom. The fraction of sp³-hybridized carbons (Fsp3) is 0.107. The first-order chi connectivity index (χ1) is 16.4. The van der Waals surface area contributed by atoms with Gasteiger partial charge in [0.05, 0.1) is 16.1 Å². The molecular weight excluding hydrogens is 448 g/mol. The van der Waals surface area contributed by atoms with Gasteiger partial charge >= 0.3 is 0 Å². The van der Waals surface area contributed by atoms with E-state index in [0.29, 0.717) is 27.9 Å². The predicted octanol–water partition coefficient (Wildman–Crippen LogP) is 6.94. The molecule has 0 spiro atoms. The van der Waals surface area contributed by atoms with Gasteiger partial charge in [0.2, 0.25) is 0 Å². The largest absolute Gasteiger partial charge is 0.426 e. The van der Waals surface area contributed by atoms with Gasteiger partial charge in [-0.05, 0) is 65.9 Å². The van der Waals surface area contributed by atoms with Crippen LogP contribution in [0.25, 0.3) is 33.3 Å². The zero-order valence-corrected chi connectivity index (χ0v) is 19.5. The van der Waals surface area contributed by atoms with Crippen LogP contribution >= 0.6 is 11.6 Å². The van der Waals surface area contributed by atoms with Gasteiger partial charge in [-0.25, -0.2) is 0 Å². The van der Waals surface area contributed by atoms with Crippen molar-refractivity contribution in [2.75, 3.05) is 0 Å². The topological polar surface area (TPSA) is 78.4 Å². The Bertz CT molecular complexity index is 1490. The Hall–Kier alpha value is -3.64. The highest BCUT2D eigenvalue weighted by Crippen LogP contribution is 2.35. The number of hydrogen-bond acceptors (Lipinski definition) is 4. The zero-order chi connectivity index (χ0) is 23.8. The second kappa shape index (κ2) is 8.95. The molecule has 0 aliphatic rings. The number of fused-ring (bicyclic) bond motifs is 1. The van der Waals surface area contributed by atoms with Crippen molar-refractivity contribution in [3.05, 3.63) is 101 Å². The highest BCUT2D eigenvalue weighted by molar-refractivity contribution is 6.34. The summed E-state index contributed by atoms with van der Waals surface area (Å²) in [4.78, 5) is 7.68. The van der Waals surface area contributed by atoms with Gasteiger partial charge in [-0.1, -0.05) is 66.2 Å². The molecule has 0 aliphatic heterocycles. The van der Waals surface area contributed by atoms with Crippen LogP contribution in [0.1, 0.15) is 23.0 Å². The van der Waals surface area contributed by atoms with E-state index in [1.54, 1.807) is 25.1 Å². The number of rotatable bonds is 5. The number of hydrogen-bond donors (Lipinski definition) is 3. The van der Waals surface area contributed by atoms with Crippen LogP contribution in [0.2, 0.25) is 5.02 Å². The molecule has 0 radical (unpaired) electrons. The van der Waals surface area contributed by atoms with E-state index in [1.807, 2.05) is 30.3 Å². The van der Waals surface area contributed by atoms with Crippen LogP contribution in [-0.2, 0) is 0 Å². The van der Waals surface area contributed by atoms with E-state index in [0.717, 1.165) is 27.8 Å². The molecule has 5 nitrogen and oxygen atoms in total. The van der Waals surface area contributed by atoms with Gasteiger partial charge in [0, 0.05) is 11.1 Å². The van der Waals surface area contributed by atoms with Crippen molar-refractivity contribution in [2.45, 2.75) is 20.1 Å². The number of H-pyrrole nitrogens is 1. The van der Waals surface area contributed by atoms with E-state index in [2.05, 4.69) is 47.2 Å². The molecule has 0 fully saturated rings. The molecule has 0 saturated heterocycles. The maximum Gasteiger partial charge on any atom is 0.300 e. The predicted molar refractivity (Wildman–Crippen MR) is 135 cm³/mol. The molecule has 1 aromatic heterocycles. The standard InChI is InChI=1S/C28H23ClN2O3/c1-16-8-10-20(13-22(16)27(32)33)34-28-30-25-14-23(24(29)15-26(25)31-28)19-9-11-21(17(2)12-19)18-6-4-3-5-7-18/h3-15,27,32-33H,1-2H3,(H,30,31). The molecule has 0 unspecified atom stereocenters. The van der Waals surface area contributed by atoms with Crippen LogP contribution in [0.5, 0.6) is 11.8 Å². The van der Waals surface area contributed by atoms with E-state index < -0.39 is 6.29 Å². The van der Waals surface area contributed by atoms with Crippen molar-refractivity contribution in [3.8, 4) is 34.0 Å². The van der Waals surface area contributed by atoms with Gasteiger partial charge in [-0.2, -0.15) is 4.98 Å². The summed E-state index contributed by atoms with van der Waals surface area (Å²) in [5, 5.41) is 19.7. The van der Waals surface area contributed by atoms with Gasteiger partial charge in [0.25, 0.3) is 6.01 Å². The summed E-state index contributed by atoms with van der Waals surface area (Å²) in [5.41, 5.74) is 8.02. The molecule has 5 aromatic rings. The molecule has 0 saturated carbocycles. The third kappa shape index (κ3) is 4.29. The van der Waals surface area contributed by atoms with Crippen LogP contribution in [0, 0.1) is 13.8 Å². The van der Waals surface area contributed by atoms with Gasteiger partial charge < -0.3 is 19.9 Å². The summed E-state index contributed by atoms with van der Waals surface area (Å²) in [7, 11) is 0. The fourth-order valence-corrected chi connectivity index (χ4v) is 4.39. The van der Waals surface area contributed by atoms with E-state index >= 15 is 0 Å². The Labute approximate surface area is 202 Å². The van der Waals surface area contributed by atoms with Gasteiger partial charge in [0.1, 0.15) is 5.75 Å². The maximum absolute atomic E-state index is 9.54. The lowest BCUT2D eigenvalue weighted by Gasteiger charge is -2.10. The van der Waals surface area contributed by atoms with Crippen molar-refractivity contribution in [1.29, 1.82) is 0 Å². The summed E-state index contributed by atoms with van der Waals surface area (Å²) in [6.45, 7) is 3.90. The zero-order valence-electron chi connectivity index (χ0n) is 18.7. The first-order valence-electron chi connectivity index (χ1n) is 10.9. The highest BCUT2D eigenvalue weighted by atomic mass is 35.5. The van der Waals surface area contributed by atoms with Gasteiger partial charge in [0.15, 0.2) is 6.29 Å². The molecule has 3 N–H and O–H groups in total. The molecule has 1 heterocycles. The number of aliphatic hydroxyl groups is 2. The number of aromatic nitrogens is 2. The Balaban J connectivity index is 1.47. The molecule has 0 atom stereocenters. The number of nitrogens with one attached hydrogen (secondary N) is 1. The molecule has 34 heavy (non-hydrogen) atoms. The average Bonchev–Trinajstić information content (AvgIpc) is 3.21. The molecule has 4 aromatic carbocycles. The van der Waals surface area contributed by atoms with Crippen molar-refractivity contribution in [2.24, 2.45) is 0 Å². The molecular formula is C28H23ClN2O3. The van der Waals surface area contributed by atoms with E-state index in [1.165, 1.54) is 11.1 Å². The normalized spacial score (nSPS) is 11.4. The van der Waals surface area contributed by atoms with E-state index in [-0.39, 0.29) is 0 Å². The van der Waals surface area contributed by atoms with Crippen LogP contribution in [0.15, 0.2) is 78.9 Å². The monoisotopic (exact) mass is 470 g/mol. The second-order valence-electron chi connectivity index (χ2n) is 8.28. The summed E-state index contributed by atoms with van der Waals surface area (Å²) in [6, 6.07) is 25.8. The van der Waals surface area contributed by atoms with Crippen molar-refractivity contribution >= 4 is 22.6 Å². The minimum absolute atomic E-state index is 0.293. The van der Waals surface area contributed by atoms with Crippen molar-refractivity contribution < 1.29 is 14.9 Å². The molecule has 170 valence electrons. The number of ether oxygens (including phenoxy) is 1. The molecule has 5 rings (SSSR count). The van der Waals surface area contributed by atoms with E-state index in [9.17, 15) is 10.2 Å². The summed E-state index contributed by atoms with van der Waals surface area (Å²) >= 11 is 6.65. The average molecular weight is 471 g/mol. The first-order valence-corrected chi connectivity index (χ1v) is 11.3. The van der Waals surface area contributed by atoms with Gasteiger partial charge in [-0.15, -0.1) is 0 Å². The van der Waals surface area contributed by atoms with Crippen LogP contribution < -0.4 is 4.74 Å². The Morgan fingerprint density at radius 2 is 1.62 bits per heavy atom. The van der Waals surface area contributed by atoms with Crippen LogP contribution in [0.4, 0.5) is 0 Å². The Morgan fingerprint density at radius 3 is 2.35 bits per heavy atom. The van der Waals surface area contributed by atoms with Crippen molar-refractivity contribution in [1.82, 2.24) is 9.97 Å². The number of aromatic amines is 1. The number of aliphatic hydroxyl groups excluding tert-OH is 1. The van der Waals surface area contributed by atoms with Crippen LogP contribution in [-0.4, -0.2) is 20.2 Å². The number of halogens is 1. The molecule has 6 heteroatoms. The highest BCUT2D eigenvalue weighted by Gasteiger charge is 2.14. The minimum Gasteiger partial charge on any atom is -0.426 e. The SMILES string of the molecule is Cc1cc(-c2cc3nc(Oc4ccc(C)c(C(O)O)c4)[nH]c3cc2Cl)ccc1-c1ccccc1. The smallest absolute Gasteiger partial charge is 0.300 e. The molecule has 0 bridgehead atoms. The lowest BCUT2D eigenvalue weighted by molar-refractivity contribution is -0.0430. The second-order valence-corrected chi connectivity index (χ2v) is 8.69. The van der Waals surface area contributed by atoms with E-state index in [4.69, 9.17) is 16.3 Å². The first kappa shape index (κ1) is 22.2. The minimum atomic E-state index is -1.57. The maximum atomic E-state index is 9.54. The van der Waals surface area contributed by atoms with Crippen molar-refractivity contribution in [3.63, 3.8) is 0 Å². The quantitative estimate of drug-likeness (QED) is 0.243. The fourth-order valence-electron chi connectivity index (χ4n) is 4.12. The number of nitrogens with zero attached hydrogens (tertiary/aromatic N) is 1. The third-order valence-electron chi connectivity index (χ3n) is 5.91. The number of benzene rings is 4.